The molecule has 1 saturated carbocycles. The highest BCUT2D eigenvalue weighted by atomic mass is 16.4. The molecule has 5 nitrogen and oxygen atoms in total. The predicted octanol–water partition coefficient (Wildman–Crippen LogP) is 3.16. The summed E-state index contributed by atoms with van der Waals surface area (Å²) in [5.41, 5.74) is 3.91. The number of H-pyrrole nitrogens is 1. The Kier molecular flexibility index (Phi) is 4.11. The van der Waals surface area contributed by atoms with Gasteiger partial charge >= 0.3 is 5.97 Å². The number of carbonyl (C=O) groups is 2. The number of carboxylic acids is 1. The van der Waals surface area contributed by atoms with E-state index in [2.05, 4.69) is 24.1 Å². The summed E-state index contributed by atoms with van der Waals surface area (Å²) in [5.74, 6) is -1.10. The number of aromatic amines is 1. The number of aromatic nitrogens is 1. The number of benzene rings is 1. The molecule has 122 valence electrons. The maximum atomic E-state index is 12.4. The Morgan fingerprint density at radius 2 is 1.87 bits per heavy atom. The number of carbonyl (C=O) groups excluding carboxylic acids is 1. The maximum absolute atomic E-state index is 12.4. The van der Waals surface area contributed by atoms with Gasteiger partial charge in [0.1, 0.15) is 5.69 Å². The molecule has 1 aliphatic carbocycles. The van der Waals surface area contributed by atoms with Crippen LogP contribution in [0.3, 0.4) is 0 Å². The summed E-state index contributed by atoms with van der Waals surface area (Å²) in [5, 5.41) is 13.1. The number of hydrogen-bond donors (Lipinski definition) is 3. The van der Waals surface area contributed by atoms with Gasteiger partial charge in [-0.05, 0) is 62.8 Å². The molecule has 1 aromatic carbocycles. The van der Waals surface area contributed by atoms with Crippen LogP contribution >= 0.6 is 0 Å². The number of rotatable bonds is 3. The second-order valence-electron chi connectivity index (χ2n) is 6.51. The van der Waals surface area contributed by atoms with Gasteiger partial charge in [-0.25, -0.2) is 0 Å². The van der Waals surface area contributed by atoms with E-state index in [1.807, 2.05) is 18.2 Å². The number of hydrogen-bond acceptors (Lipinski definition) is 2. The van der Waals surface area contributed by atoms with E-state index in [0.717, 1.165) is 23.7 Å². The molecule has 0 aliphatic heterocycles. The Morgan fingerprint density at radius 3 is 2.52 bits per heavy atom. The predicted molar refractivity (Wildman–Crippen MR) is 88.6 cm³/mol. The van der Waals surface area contributed by atoms with Gasteiger partial charge in [0.2, 0.25) is 0 Å². The average Bonchev–Trinajstić information content (AvgIpc) is 2.96. The minimum absolute atomic E-state index is 0.0624. The third-order valence-electron chi connectivity index (χ3n) is 5.00. The zero-order valence-corrected chi connectivity index (χ0v) is 13.5. The quantitative estimate of drug-likeness (QED) is 0.814. The zero-order chi connectivity index (χ0) is 16.6. The standard InChI is InChI=1S/C18H22N2O3/c1-10-3-8-15-14(11(10)2)9-16(20-15)17(21)19-13-6-4-12(5-7-13)18(22)23/h3,8-9,12-13,20H,4-7H2,1-2H3,(H,19,21)(H,22,23). The van der Waals surface area contributed by atoms with Crippen molar-refractivity contribution in [3.05, 3.63) is 35.0 Å². The zero-order valence-electron chi connectivity index (χ0n) is 13.5. The van der Waals surface area contributed by atoms with Crippen molar-refractivity contribution in [3.8, 4) is 0 Å². The number of aliphatic carboxylic acids is 1. The Balaban J connectivity index is 1.69. The van der Waals surface area contributed by atoms with Crippen LogP contribution in [0.4, 0.5) is 0 Å². The van der Waals surface area contributed by atoms with Crippen molar-refractivity contribution in [2.24, 2.45) is 5.92 Å². The summed E-state index contributed by atoms with van der Waals surface area (Å²) in [7, 11) is 0. The highest BCUT2D eigenvalue weighted by Crippen LogP contribution is 2.25. The van der Waals surface area contributed by atoms with Crippen molar-refractivity contribution in [2.75, 3.05) is 0 Å². The van der Waals surface area contributed by atoms with E-state index < -0.39 is 5.97 Å². The van der Waals surface area contributed by atoms with Crippen LogP contribution in [0.2, 0.25) is 0 Å². The largest absolute Gasteiger partial charge is 0.481 e. The fourth-order valence-electron chi connectivity index (χ4n) is 3.33. The van der Waals surface area contributed by atoms with Crippen LogP contribution in [-0.4, -0.2) is 28.0 Å². The molecule has 5 heteroatoms. The Morgan fingerprint density at radius 1 is 1.17 bits per heavy atom. The second kappa shape index (κ2) is 6.07. The highest BCUT2D eigenvalue weighted by molar-refractivity contribution is 5.99. The summed E-state index contributed by atoms with van der Waals surface area (Å²) in [6, 6.07) is 6.00. The molecule has 1 amide bonds. The minimum Gasteiger partial charge on any atom is -0.481 e. The van der Waals surface area contributed by atoms with Gasteiger partial charge < -0.3 is 15.4 Å². The van der Waals surface area contributed by atoms with Crippen molar-refractivity contribution in [2.45, 2.75) is 45.6 Å². The van der Waals surface area contributed by atoms with Gasteiger partial charge in [-0.1, -0.05) is 6.07 Å². The van der Waals surface area contributed by atoms with E-state index >= 15 is 0 Å². The van der Waals surface area contributed by atoms with E-state index in [1.54, 1.807) is 0 Å². The molecule has 2 aromatic rings. The normalized spacial score (nSPS) is 21.3. The van der Waals surface area contributed by atoms with Gasteiger partial charge in [0.15, 0.2) is 0 Å². The van der Waals surface area contributed by atoms with Crippen molar-refractivity contribution in [1.29, 1.82) is 0 Å². The molecule has 0 atom stereocenters. The first-order valence-electron chi connectivity index (χ1n) is 8.08. The van der Waals surface area contributed by atoms with E-state index in [0.29, 0.717) is 18.5 Å². The van der Waals surface area contributed by atoms with Gasteiger partial charge in [-0.15, -0.1) is 0 Å². The summed E-state index contributed by atoms with van der Waals surface area (Å²) in [4.78, 5) is 26.6. The van der Waals surface area contributed by atoms with Crippen LogP contribution in [0.15, 0.2) is 18.2 Å². The molecule has 23 heavy (non-hydrogen) atoms. The highest BCUT2D eigenvalue weighted by Gasteiger charge is 2.27. The van der Waals surface area contributed by atoms with Gasteiger partial charge in [0, 0.05) is 16.9 Å². The summed E-state index contributed by atoms with van der Waals surface area (Å²) >= 11 is 0. The third kappa shape index (κ3) is 3.09. The number of amides is 1. The molecule has 0 unspecified atom stereocenters. The first kappa shape index (κ1) is 15.6. The molecule has 0 spiro atoms. The lowest BCUT2D eigenvalue weighted by molar-refractivity contribution is -0.142. The first-order chi connectivity index (χ1) is 11.0. The van der Waals surface area contributed by atoms with E-state index in [4.69, 9.17) is 5.11 Å². The van der Waals surface area contributed by atoms with Crippen molar-refractivity contribution >= 4 is 22.8 Å². The number of fused-ring (bicyclic) bond motifs is 1. The Bertz CT molecular complexity index is 755. The van der Waals surface area contributed by atoms with E-state index in [-0.39, 0.29) is 17.9 Å². The van der Waals surface area contributed by atoms with Crippen molar-refractivity contribution in [3.63, 3.8) is 0 Å². The van der Waals surface area contributed by atoms with Gasteiger partial charge in [-0.2, -0.15) is 0 Å². The fourth-order valence-corrected chi connectivity index (χ4v) is 3.33. The second-order valence-corrected chi connectivity index (χ2v) is 6.51. The van der Waals surface area contributed by atoms with Crippen LogP contribution < -0.4 is 5.32 Å². The van der Waals surface area contributed by atoms with Crippen LogP contribution in [0, 0.1) is 19.8 Å². The van der Waals surface area contributed by atoms with Crippen LogP contribution in [0.25, 0.3) is 10.9 Å². The number of nitrogens with one attached hydrogen (secondary N) is 2. The van der Waals surface area contributed by atoms with Crippen molar-refractivity contribution in [1.82, 2.24) is 10.3 Å². The average molecular weight is 314 g/mol. The molecule has 1 aromatic heterocycles. The molecule has 0 bridgehead atoms. The lowest BCUT2D eigenvalue weighted by atomic mass is 9.86. The molecular weight excluding hydrogens is 292 g/mol. The van der Waals surface area contributed by atoms with E-state index in [1.165, 1.54) is 11.1 Å². The fraction of sp³-hybridized carbons (Fsp3) is 0.444. The Hall–Kier alpha value is -2.30. The van der Waals surface area contributed by atoms with Gasteiger partial charge in [0.05, 0.1) is 5.92 Å². The third-order valence-corrected chi connectivity index (χ3v) is 5.00. The topological polar surface area (TPSA) is 82.2 Å². The molecule has 0 saturated heterocycles. The smallest absolute Gasteiger partial charge is 0.306 e. The maximum Gasteiger partial charge on any atom is 0.306 e. The molecule has 3 rings (SSSR count). The molecule has 1 heterocycles. The lowest BCUT2D eigenvalue weighted by Crippen LogP contribution is -2.38. The lowest BCUT2D eigenvalue weighted by Gasteiger charge is -2.26. The molecule has 0 radical (unpaired) electrons. The summed E-state index contributed by atoms with van der Waals surface area (Å²) < 4.78 is 0. The van der Waals surface area contributed by atoms with Crippen LogP contribution in [0.5, 0.6) is 0 Å². The number of carboxylic acid groups (broad SMARTS) is 1. The van der Waals surface area contributed by atoms with Gasteiger partial charge in [0.25, 0.3) is 5.91 Å². The Labute approximate surface area is 135 Å². The number of aryl methyl sites for hydroxylation is 2. The molecular formula is C18H22N2O3. The summed E-state index contributed by atoms with van der Waals surface area (Å²) in [6.45, 7) is 4.11. The SMILES string of the molecule is Cc1ccc2[nH]c(C(=O)NC3CCC(C(=O)O)CC3)cc2c1C. The minimum atomic E-state index is -0.726. The van der Waals surface area contributed by atoms with Crippen LogP contribution in [-0.2, 0) is 4.79 Å². The first-order valence-corrected chi connectivity index (χ1v) is 8.08. The van der Waals surface area contributed by atoms with E-state index in [9.17, 15) is 9.59 Å². The molecule has 1 fully saturated rings. The molecule has 1 aliphatic rings. The summed E-state index contributed by atoms with van der Waals surface area (Å²) in [6.07, 6.45) is 2.71. The van der Waals surface area contributed by atoms with Crippen molar-refractivity contribution < 1.29 is 14.7 Å². The van der Waals surface area contributed by atoms with Gasteiger partial charge in [-0.3, -0.25) is 9.59 Å². The monoisotopic (exact) mass is 314 g/mol. The van der Waals surface area contributed by atoms with Crippen LogP contribution in [0.1, 0.15) is 47.3 Å². The molecule has 3 N–H and O–H groups in total.